The molecule has 0 saturated carbocycles. The van der Waals surface area contributed by atoms with Gasteiger partial charge in [0.1, 0.15) is 5.78 Å². The highest BCUT2D eigenvalue weighted by Gasteiger charge is 2.38. The maximum atomic E-state index is 12.3. The number of alkyl halides is 3. The zero-order chi connectivity index (χ0) is 24.5. The summed E-state index contributed by atoms with van der Waals surface area (Å²) in [6.45, 7) is 3.02. The highest BCUT2D eigenvalue weighted by Crippen LogP contribution is 2.20. The molecule has 0 heterocycles. The normalized spacial score (nSPS) is 12.8. The van der Waals surface area contributed by atoms with Gasteiger partial charge >= 0.3 is 12.1 Å². The molecule has 1 amide bonds. The first-order valence-corrected chi connectivity index (χ1v) is 9.67. The lowest BCUT2D eigenvalue weighted by Gasteiger charge is -2.16. The van der Waals surface area contributed by atoms with Crippen LogP contribution in [-0.2, 0) is 25.6 Å². The van der Waals surface area contributed by atoms with Gasteiger partial charge in [-0.15, -0.1) is 0 Å². The first-order chi connectivity index (χ1) is 14.8. The summed E-state index contributed by atoms with van der Waals surface area (Å²) in [5, 5.41) is 12.0. The number of carbonyl (C=O) groups is 4. The van der Waals surface area contributed by atoms with Crippen molar-refractivity contribution in [1.82, 2.24) is 5.32 Å². The molecular weight excluding hydrogens is 429 g/mol. The maximum absolute atomic E-state index is 12.3. The molecule has 10 heteroatoms. The minimum absolute atomic E-state index is 0.0251. The molecule has 0 unspecified atom stereocenters. The molecule has 0 fully saturated rings. The van der Waals surface area contributed by atoms with E-state index in [-0.39, 0.29) is 18.0 Å². The van der Waals surface area contributed by atoms with Crippen LogP contribution >= 0.6 is 0 Å². The van der Waals surface area contributed by atoms with Gasteiger partial charge in [0, 0.05) is 12.8 Å². The van der Waals surface area contributed by atoms with Crippen LogP contribution in [0.3, 0.4) is 0 Å². The van der Waals surface area contributed by atoms with E-state index >= 15 is 0 Å². The fourth-order valence-corrected chi connectivity index (χ4v) is 2.79. The lowest BCUT2D eigenvalue weighted by molar-refractivity contribution is -0.192. The van der Waals surface area contributed by atoms with Crippen molar-refractivity contribution in [3.05, 3.63) is 48.0 Å². The molecule has 0 saturated heterocycles. The number of carbonyl (C=O) groups excluding carboxylic acids is 3. The molecule has 4 N–H and O–H groups in total. The van der Waals surface area contributed by atoms with Crippen molar-refractivity contribution in [2.75, 3.05) is 0 Å². The fourth-order valence-electron chi connectivity index (χ4n) is 2.79. The van der Waals surface area contributed by atoms with E-state index in [2.05, 4.69) is 5.32 Å². The van der Waals surface area contributed by atoms with E-state index < -0.39 is 30.1 Å². The third-order valence-corrected chi connectivity index (χ3v) is 4.45. The highest BCUT2D eigenvalue weighted by molar-refractivity contribution is 5.93. The SMILES string of the molecule is CC(=O)C[C@H](N)C(=O)N[C@@H](C)C(=O)CCc1cccc2ccccc12.O=C(O)C(F)(F)F. The van der Waals surface area contributed by atoms with Crippen molar-refractivity contribution >= 4 is 34.2 Å². The van der Waals surface area contributed by atoms with Gasteiger partial charge in [0.15, 0.2) is 5.78 Å². The van der Waals surface area contributed by atoms with Crippen LogP contribution < -0.4 is 11.1 Å². The number of rotatable bonds is 8. The molecule has 0 aliphatic heterocycles. The van der Waals surface area contributed by atoms with Gasteiger partial charge in [-0.2, -0.15) is 13.2 Å². The third kappa shape index (κ3) is 8.84. The molecule has 2 aromatic rings. The van der Waals surface area contributed by atoms with Crippen LogP contribution in [0.1, 0.15) is 32.3 Å². The molecule has 0 bridgehead atoms. The van der Waals surface area contributed by atoms with Crippen LogP contribution in [0.5, 0.6) is 0 Å². The third-order valence-electron chi connectivity index (χ3n) is 4.45. The number of benzene rings is 2. The number of ketones is 2. The largest absolute Gasteiger partial charge is 0.490 e. The second-order valence-electron chi connectivity index (χ2n) is 7.15. The molecule has 0 radical (unpaired) electrons. The number of hydrogen-bond acceptors (Lipinski definition) is 5. The number of fused-ring (bicyclic) bond motifs is 1. The Labute approximate surface area is 182 Å². The van der Waals surface area contributed by atoms with Gasteiger partial charge in [0.25, 0.3) is 0 Å². The monoisotopic (exact) mass is 454 g/mol. The molecule has 0 aliphatic carbocycles. The van der Waals surface area contributed by atoms with Crippen molar-refractivity contribution in [2.24, 2.45) is 5.73 Å². The Morgan fingerprint density at radius 2 is 1.62 bits per heavy atom. The van der Waals surface area contributed by atoms with Crippen molar-refractivity contribution in [1.29, 1.82) is 0 Å². The first-order valence-electron chi connectivity index (χ1n) is 9.67. The number of aryl methyl sites for hydroxylation is 1. The molecule has 2 aromatic carbocycles. The van der Waals surface area contributed by atoms with E-state index in [1.807, 2.05) is 42.5 Å². The van der Waals surface area contributed by atoms with Gasteiger partial charge < -0.3 is 16.2 Å². The van der Waals surface area contributed by atoms with Gasteiger partial charge in [-0.3, -0.25) is 14.4 Å². The molecular formula is C22H25F3N2O5. The number of carboxylic acid groups (broad SMARTS) is 1. The summed E-state index contributed by atoms with van der Waals surface area (Å²) in [5.74, 6) is -3.44. The quantitative estimate of drug-likeness (QED) is 0.563. The molecule has 0 aromatic heterocycles. The van der Waals surface area contributed by atoms with Crippen molar-refractivity contribution < 1.29 is 37.5 Å². The second kappa shape index (κ2) is 11.9. The molecule has 7 nitrogen and oxygen atoms in total. The lowest BCUT2D eigenvalue weighted by Crippen LogP contribution is -2.47. The van der Waals surface area contributed by atoms with Crippen LogP contribution in [0.2, 0.25) is 0 Å². The molecule has 2 rings (SSSR count). The zero-order valence-electron chi connectivity index (χ0n) is 17.6. The van der Waals surface area contributed by atoms with E-state index in [1.54, 1.807) is 6.92 Å². The second-order valence-corrected chi connectivity index (χ2v) is 7.15. The zero-order valence-corrected chi connectivity index (χ0v) is 17.6. The van der Waals surface area contributed by atoms with Crippen molar-refractivity contribution in [3.8, 4) is 0 Å². The van der Waals surface area contributed by atoms with Gasteiger partial charge in [-0.1, -0.05) is 42.5 Å². The summed E-state index contributed by atoms with van der Waals surface area (Å²) >= 11 is 0. The summed E-state index contributed by atoms with van der Waals surface area (Å²) in [6.07, 6.45) is -4.17. The Kier molecular flexibility index (Phi) is 9.99. The number of amides is 1. The summed E-state index contributed by atoms with van der Waals surface area (Å²) in [7, 11) is 0. The number of halogens is 3. The Bertz CT molecular complexity index is 970. The average Bonchev–Trinajstić information content (AvgIpc) is 2.71. The average molecular weight is 454 g/mol. The van der Waals surface area contributed by atoms with Crippen LogP contribution in [0.4, 0.5) is 13.2 Å². The van der Waals surface area contributed by atoms with Crippen LogP contribution in [0.25, 0.3) is 10.8 Å². The van der Waals surface area contributed by atoms with Gasteiger partial charge in [-0.25, -0.2) is 4.79 Å². The highest BCUT2D eigenvalue weighted by atomic mass is 19.4. The predicted molar refractivity (Wildman–Crippen MR) is 112 cm³/mol. The Hall–Kier alpha value is -3.27. The minimum atomic E-state index is -5.08. The van der Waals surface area contributed by atoms with E-state index in [0.717, 1.165) is 16.3 Å². The molecule has 0 spiro atoms. The Morgan fingerprint density at radius 3 is 2.19 bits per heavy atom. The van der Waals surface area contributed by atoms with Gasteiger partial charge in [0.05, 0.1) is 12.1 Å². The van der Waals surface area contributed by atoms with E-state index in [4.69, 9.17) is 15.6 Å². The molecule has 174 valence electrons. The molecule has 0 aliphatic rings. The topological polar surface area (TPSA) is 127 Å². The first kappa shape index (κ1) is 26.8. The van der Waals surface area contributed by atoms with Crippen LogP contribution in [-0.4, -0.2) is 46.8 Å². The van der Waals surface area contributed by atoms with Gasteiger partial charge in [-0.05, 0) is 36.6 Å². The fraction of sp³-hybridized carbons (Fsp3) is 0.364. The smallest absolute Gasteiger partial charge is 0.475 e. The number of nitrogens with two attached hydrogens (primary N) is 1. The standard InChI is InChI=1S/C20H24N2O3.C2HF3O2/c1-13(23)12-18(21)20(25)22-14(2)19(24)11-10-16-8-5-7-15-6-3-4-9-17(15)16;3-2(4,5)1(6)7/h3-9,14,18H,10-12,21H2,1-2H3,(H,22,25);(H,6,7)/t14-,18-;/m0./s1. The number of nitrogens with one attached hydrogen (secondary N) is 1. The van der Waals surface area contributed by atoms with Crippen LogP contribution in [0, 0.1) is 0 Å². The van der Waals surface area contributed by atoms with E-state index in [1.165, 1.54) is 6.92 Å². The van der Waals surface area contributed by atoms with E-state index in [0.29, 0.717) is 12.8 Å². The summed E-state index contributed by atoms with van der Waals surface area (Å²) < 4.78 is 31.7. The lowest BCUT2D eigenvalue weighted by atomic mass is 9.98. The number of aliphatic carboxylic acids is 1. The van der Waals surface area contributed by atoms with Crippen molar-refractivity contribution in [3.63, 3.8) is 0 Å². The molecule has 2 atom stereocenters. The number of hydrogen-bond donors (Lipinski definition) is 3. The Morgan fingerprint density at radius 1 is 1.06 bits per heavy atom. The van der Waals surface area contributed by atoms with Crippen LogP contribution in [0.15, 0.2) is 42.5 Å². The number of carboxylic acids is 1. The van der Waals surface area contributed by atoms with Crippen molar-refractivity contribution in [2.45, 2.75) is 51.4 Å². The predicted octanol–water partition coefficient (Wildman–Crippen LogP) is 2.79. The maximum Gasteiger partial charge on any atom is 0.490 e. The van der Waals surface area contributed by atoms with Gasteiger partial charge in [0.2, 0.25) is 5.91 Å². The number of Topliss-reactive ketones (excluding diaryl/α,β-unsaturated/α-hetero) is 2. The minimum Gasteiger partial charge on any atom is -0.475 e. The van der Waals surface area contributed by atoms with E-state index in [9.17, 15) is 27.6 Å². The summed E-state index contributed by atoms with van der Waals surface area (Å²) in [5.41, 5.74) is 6.76. The molecule has 32 heavy (non-hydrogen) atoms. The summed E-state index contributed by atoms with van der Waals surface area (Å²) in [4.78, 5) is 44.1. The summed E-state index contributed by atoms with van der Waals surface area (Å²) in [6, 6.07) is 12.6. The Balaban J connectivity index is 0.000000633.